The third-order valence-electron chi connectivity index (χ3n) is 5.21. The van der Waals surface area contributed by atoms with Gasteiger partial charge in [-0.05, 0) is 57.7 Å². The van der Waals surface area contributed by atoms with Crippen molar-refractivity contribution in [2.45, 2.75) is 84.5 Å². The van der Waals surface area contributed by atoms with Crippen molar-refractivity contribution >= 4 is 29.2 Å². The summed E-state index contributed by atoms with van der Waals surface area (Å²) in [6.45, 7) is 10.4. The highest BCUT2D eigenvalue weighted by Crippen LogP contribution is 2.35. The van der Waals surface area contributed by atoms with Gasteiger partial charge in [0.25, 0.3) is 0 Å². The van der Waals surface area contributed by atoms with Crippen molar-refractivity contribution in [2.75, 3.05) is 6.61 Å². The summed E-state index contributed by atoms with van der Waals surface area (Å²) in [5, 5.41) is 1.08. The van der Waals surface area contributed by atoms with Crippen LogP contribution in [0.15, 0.2) is 18.2 Å². The molecule has 1 unspecified atom stereocenters. The Bertz CT molecular complexity index is 932. The highest BCUT2D eigenvalue weighted by atomic mass is 35.5. The lowest BCUT2D eigenvalue weighted by molar-refractivity contribution is -0.162. The molecule has 0 fully saturated rings. The molecule has 7 heteroatoms. The molecule has 0 bridgehead atoms. The van der Waals surface area contributed by atoms with Crippen LogP contribution in [0.5, 0.6) is 0 Å². The number of carbonyl (C=O) groups excluding carboxylic acids is 1. The molecule has 0 N–H and O–H groups in total. The molecule has 31 heavy (non-hydrogen) atoms. The van der Waals surface area contributed by atoms with E-state index in [1.165, 1.54) is 0 Å². The summed E-state index contributed by atoms with van der Waals surface area (Å²) in [6.07, 6.45) is 3.64. The maximum absolute atomic E-state index is 12.3. The van der Waals surface area contributed by atoms with Gasteiger partial charge in [-0.25, -0.2) is 9.78 Å². The quantitative estimate of drug-likeness (QED) is 0.360. The number of imidazole rings is 1. The highest BCUT2D eigenvalue weighted by molar-refractivity contribution is 6.42. The van der Waals surface area contributed by atoms with Crippen molar-refractivity contribution in [3.05, 3.63) is 51.0 Å². The third-order valence-corrected chi connectivity index (χ3v) is 5.95. The Labute approximate surface area is 195 Å². The van der Waals surface area contributed by atoms with Gasteiger partial charge in [0, 0.05) is 12.5 Å². The van der Waals surface area contributed by atoms with E-state index in [2.05, 4.69) is 18.4 Å². The number of fused-ring (bicyclic) bond motifs is 1. The van der Waals surface area contributed by atoms with Gasteiger partial charge in [0.15, 0.2) is 0 Å². The number of hydrogen-bond acceptors (Lipinski definition) is 4. The first-order valence-corrected chi connectivity index (χ1v) is 11.7. The Morgan fingerprint density at radius 2 is 1.97 bits per heavy atom. The fraction of sp³-hybridized carbons (Fsp3) is 0.583. The average Bonchev–Trinajstić information content (AvgIpc) is 2.88. The van der Waals surface area contributed by atoms with Crippen LogP contribution in [0.2, 0.25) is 10.0 Å². The zero-order chi connectivity index (χ0) is 22.8. The normalized spacial score (nSPS) is 16.8. The predicted molar refractivity (Wildman–Crippen MR) is 124 cm³/mol. The first kappa shape index (κ1) is 24.1. The Kier molecular flexibility index (Phi) is 7.72. The summed E-state index contributed by atoms with van der Waals surface area (Å²) in [7, 11) is 0. The minimum absolute atomic E-state index is 0.0731. The van der Waals surface area contributed by atoms with Gasteiger partial charge in [-0.1, -0.05) is 49.5 Å². The number of halogens is 2. The van der Waals surface area contributed by atoms with Crippen LogP contribution in [-0.4, -0.2) is 27.7 Å². The molecule has 0 saturated carbocycles. The molecular weight excluding hydrogens is 435 g/mol. The summed E-state index contributed by atoms with van der Waals surface area (Å²) >= 11 is 12.4. The Balaban J connectivity index is 1.92. The summed E-state index contributed by atoms with van der Waals surface area (Å²) in [5.41, 5.74) is 2.65. The Morgan fingerprint density at radius 1 is 1.23 bits per heavy atom. The molecule has 1 aromatic carbocycles. The lowest BCUT2D eigenvalue weighted by Crippen LogP contribution is -2.27. The van der Waals surface area contributed by atoms with E-state index in [-0.39, 0.29) is 24.6 Å². The number of ether oxygens (including phenoxy) is 2. The highest BCUT2D eigenvalue weighted by Gasteiger charge is 2.29. The smallest absolute Gasteiger partial charge is 0.332 e. The van der Waals surface area contributed by atoms with E-state index in [1.807, 2.05) is 39.0 Å². The number of hydrogen-bond donors (Lipinski definition) is 0. The van der Waals surface area contributed by atoms with Crippen LogP contribution < -0.4 is 0 Å². The van der Waals surface area contributed by atoms with E-state index in [0.29, 0.717) is 16.6 Å². The summed E-state index contributed by atoms with van der Waals surface area (Å²) in [6, 6.07) is 5.70. The van der Waals surface area contributed by atoms with Crippen LogP contribution in [0.25, 0.3) is 0 Å². The molecular formula is C24H32Cl2N2O3. The van der Waals surface area contributed by atoms with Gasteiger partial charge < -0.3 is 14.0 Å². The van der Waals surface area contributed by atoms with E-state index in [4.69, 9.17) is 37.7 Å². The monoisotopic (exact) mass is 466 g/mol. The largest absolute Gasteiger partial charge is 0.458 e. The van der Waals surface area contributed by atoms with E-state index in [0.717, 1.165) is 48.5 Å². The molecule has 1 aliphatic rings. The van der Waals surface area contributed by atoms with Crippen LogP contribution in [-0.2, 0) is 27.2 Å². The molecule has 3 rings (SSSR count). The van der Waals surface area contributed by atoms with Gasteiger partial charge >= 0.3 is 5.97 Å². The van der Waals surface area contributed by atoms with Gasteiger partial charge in [0.05, 0.1) is 21.4 Å². The zero-order valence-electron chi connectivity index (χ0n) is 19.0. The van der Waals surface area contributed by atoms with E-state index >= 15 is 0 Å². The topological polar surface area (TPSA) is 53.4 Å². The van der Waals surface area contributed by atoms with Crippen LogP contribution in [0, 0.1) is 0 Å². The molecule has 0 radical (unpaired) electrons. The number of aromatic nitrogens is 2. The second-order valence-electron chi connectivity index (χ2n) is 9.42. The minimum Gasteiger partial charge on any atom is -0.458 e. The fourth-order valence-electron chi connectivity index (χ4n) is 3.97. The van der Waals surface area contributed by atoms with Crippen molar-refractivity contribution < 1.29 is 14.3 Å². The van der Waals surface area contributed by atoms with Gasteiger partial charge in [-0.2, -0.15) is 0 Å². The van der Waals surface area contributed by atoms with Crippen molar-refractivity contribution in [3.8, 4) is 0 Å². The summed E-state index contributed by atoms with van der Waals surface area (Å²) < 4.78 is 13.8. The average molecular weight is 467 g/mol. The van der Waals surface area contributed by atoms with Gasteiger partial charge in [-0.3, -0.25) is 0 Å². The first-order valence-electron chi connectivity index (χ1n) is 10.9. The maximum atomic E-state index is 12.3. The fourth-order valence-corrected chi connectivity index (χ4v) is 4.29. The number of esters is 1. The summed E-state index contributed by atoms with van der Waals surface area (Å²) in [5.74, 6) is 0.919. The van der Waals surface area contributed by atoms with Crippen molar-refractivity contribution in [2.24, 2.45) is 0 Å². The number of rotatable bonds is 6. The second-order valence-corrected chi connectivity index (χ2v) is 10.2. The lowest BCUT2D eigenvalue weighted by atomic mass is 10.1. The molecule has 0 amide bonds. The number of aryl methyl sites for hydroxylation is 1. The molecule has 0 spiro atoms. The maximum Gasteiger partial charge on any atom is 0.332 e. The molecule has 1 aromatic heterocycles. The molecule has 1 heterocycles. The van der Waals surface area contributed by atoms with E-state index < -0.39 is 5.60 Å². The Morgan fingerprint density at radius 3 is 2.61 bits per heavy atom. The number of nitrogens with zero attached hydrogens (tertiary/aromatic N) is 2. The third kappa shape index (κ3) is 6.24. The van der Waals surface area contributed by atoms with Crippen molar-refractivity contribution in [1.29, 1.82) is 0 Å². The molecule has 0 saturated heterocycles. The molecule has 0 aliphatic heterocycles. The van der Waals surface area contributed by atoms with Crippen LogP contribution in [0.3, 0.4) is 0 Å². The Hall–Kier alpha value is -1.56. The number of carbonyl (C=O) groups is 1. The van der Waals surface area contributed by atoms with Crippen LogP contribution >= 0.6 is 23.2 Å². The first-order chi connectivity index (χ1) is 14.5. The number of benzene rings is 1. The molecule has 1 atom stereocenters. The van der Waals surface area contributed by atoms with Crippen LogP contribution in [0.1, 0.15) is 88.7 Å². The van der Waals surface area contributed by atoms with Crippen LogP contribution in [0.4, 0.5) is 0 Å². The van der Waals surface area contributed by atoms with Crippen molar-refractivity contribution in [3.63, 3.8) is 0 Å². The van der Waals surface area contributed by atoms with Gasteiger partial charge in [0.2, 0.25) is 0 Å². The zero-order valence-corrected chi connectivity index (χ0v) is 20.5. The minimum atomic E-state index is -0.532. The van der Waals surface area contributed by atoms with Gasteiger partial charge in [-0.15, -0.1) is 0 Å². The molecule has 2 aromatic rings. The lowest BCUT2D eigenvalue weighted by Gasteiger charge is -2.23. The summed E-state index contributed by atoms with van der Waals surface area (Å²) in [4.78, 5) is 17.3. The molecule has 1 aliphatic carbocycles. The SMILES string of the molecule is CC(C)c1nc2c(n1Cc1ccc(Cl)c(Cl)c1)C(OCC(=O)OC(C)(C)C)CCCC2. The molecule has 170 valence electrons. The van der Waals surface area contributed by atoms with E-state index in [1.54, 1.807) is 0 Å². The standard InChI is InChI=1S/C24H32Cl2N2O3/c1-15(2)23-27-19-8-6-7-9-20(30-14-21(29)31-24(3,4)5)22(19)28(23)13-16-10-11-17(25)18(26)12-16/h10-12,15,20H,6-9,13-14H2,1-5H3. The van der Waals surface area contributed by atoms with E-state index in [9.17, 15) is 4.79 Å². The second kappa shape index (κ2) is 9.93. The molecule has 5 nitrogen and oxygen atoms in total. The van der Waals surface area contributed by atoms with Crippen molar-refractivity contribution in [1.82, 2.24) is 9.55 Å². The van der Waals surface area contributed by atoms with Gasteiger partial charge in [0.1, 0.15) is 24.1 Å². The predicted octanol–water partition coefficient (Wildman–Crippen LogP) is 6.49.